The molecule has 3 heterocycles. The number of carbonyl (C=O) groups is 3. The molecule has 0 radical (unpaired) electrons. The summed E-state index contributed by atoms with van der Waals surface area (Å²) < 4.78 is 0. The number of nitrogens with one attached hydrogen (secondary N) is 3. The van der Waals surface area contributed by atoms with Crippen LogP contribution in [0.3, 0.4) is 0 Å². The molecular formula is C29H38N6O3. The third-order valence-corrected chi connectivity index (χ3v) is 8.14. The molecule has 1 aromatic carbocycles. The third-order valence-electron chi connectivity index (χ3n) is 8.14. The smallest absolute Gasteiger partial charge is 0.253 e. The highest BCUT2D eigenvalue weighted by molar-refractivity contribution is 6.03. The molecule has 3 aliphatic rings. The molecule has 3 amide bonds. The first kappa shape index (κ1) is 26.0. The number of hydrogen-bond acceptors (Lipinski definition) is 6. The minimum Gasteiger partial charge on any atom is -0.382 e. The zero-order chi connectivity index (χ0) is 27.0. The summed E-state index contributed by atoms with van der Waals surface area (Å²) in [4.78, 5) is 44.7. The fourth-order valence-electron chi connectivity index (χ4n) is 5.74. The number of fused-ring (bicyclic) bond motifs is 2. The van der Waals surface area contributed by atoms with Crippen LogP contribution in [0, 0.1) is 6.92 Å². The van der Waals surface area contributed by atoms with Crippen molar-refractivity contribution in [3.05, 3.63) is 52.7 Å². The highest BCUT2D eigenvalue weighted by atomic mass is 16.2. The van der Waals surface area contributed by atoms with Crippen molar-refractivity contribution in [2.75, 3.05) is 10.2 Å². The van der Waals surface area contributed by atoms with E-state index in [1.807, 2.05) is 26.0 Å². The van der Waals surface area contributed by atoms with Crippen molar-refractivity contribution in [2.45, 2.75) is 95.9 Å². The van der Waals surface area contributed by atoms with Crippen LogP contribution in [0.25, 0.3) is 0 Å². The predicted molar refractivity (Wildman–Crippen MR) is 148 cm³/mol. The SMILES string of the molecule is CC[C@@H](C)Nc1cc(C(=O)NC2C[C@H]3CC[C@@H](C2)N3c2ccc(C(=O)NC3CC3)cn2)c(C)cc1C(N)=O. The number of nitrogens with zero attached hydrogens (tertiary/aromatic N) is 2. The van der Waals surface area contributed by atoms with Gasteiger partial charge in [0, 0.05) is 47.7 Å². The van der Waals surface area contributed by atoms with E-state index >= 15 is 0 Å². The number of carbonyl (C=O) groups excluding carboxylic acids is 3. The first-order chi connectivity index (χ1) is 18.2. The molecule has 5 rings (SSSR count). The Bertz CT molecular complexity index is 1210. The number of hydrogen-bond donors (Lipinski definition) is 4. The predicted octanol–water partition coefficient (Wildman–Crippen LogP) is 3.52. The van der Waals surface area contributed by atoms with Gasteiger partial charge in [-0.15, -0.1) is 0 Å². The van der Waals surface area contributed by atoms with E-state index in [2.05, 4.69) is 32.8 Å². The molecule has 38 heavy (non-hydrogen) atoms. The average molecular weight is 519 g/mol. The van der Waals surface area contributed by atoms with Crippen molar-refractivity contribution in [2.24, 2.45) is 5.73 Å². The molecule has 2 aliphatic heterocycles. The lowest BCUT2D eigenvalue weighted by atomic mass is 9.95. The Hall–Kier alpha value is -3.62. The Morgan fingerprint density at radius 2 is 1.68 bits per heavy atom. The number of amides is 3. The van der Waals surface area contributed by atoms with Crippen molar-refractivity contribution in [1.82, 2.24) is 15.6 Å². The quantitative estimate of drug-likeness (QED) is 0.402. The number of benzene rings is 1. The van der Waals surface area contributed by atoms with Gasteiger partial charge >= 0.3 is 0 Å². The number of piperidine rings is 1. The van der Waals surface area contributed by atoms with Crippen LogP contribution in [-0.4, -0.2) is 52.9 Å². The molecule has 5 N–H and O–H groups in total. The summed E-state index contributed by atoms with van der Waals surface area (Å²) in [6.45, 7) is 5.92. The first-order valence-corrected chi connectivity index (χ1v) is 13.8. The second kappa shape index (κ2) is 10.6. The molecule has 2 bridgehead atoms. The third kappa shape index (κ3) is 5.47. The minimum absolute atomic E-state index is 0.0565. The number of aryl methyl sites for hydroxylation is 1. The molecule has 1 aliphatic carbocycles. The van der Waals surface area contributed by atoms with Gasteiger partial charge < -0.3 is 26.6 Å². The lowest BCUT2D eigenvalue weighted by molar-refractivity contribution is 0.0922. The van der Waals surface area contributed by atoms with Gasteiger partial charge in [0.15, 0.2) is 0 Å². The van der Waals surface area contributed by atoms with Crippen LogP contribution >= 0.6 is 0 Å². The normalized spacial score (nSPS) is 23.0. The van der Waals surface area contributed by atoms with Crippen molar-refractivity contribution in [3.8, 4) is 0 Å². The van der Waals surface area contributed by atoms with Gasteiger partial charge in [-0.3, -0.25) is 14.4 Å². The van der Waals surface area contributed by atoms with Gasteiger partial charge in [-0.05, 0) is 88.6 Å². The van der Waals surface area contributed by atoms with E-state index < -0.39 is 5.91 Å². The average Bonchev–Trinajstić information content (AvgIpc) is 3.67. The number of nitrogens with two attached hydrogens (primary N) is 1. The van der Waals surface area contributed by atoms with E-state index in [9.17, 15) is 14.4 Å². The Morgan fingerprint density at radius 3 is 2.26 bits per heavy atom. The number of anilines is 2. The van der Waals surface area contributed by atoms with E-state index in [1.165, 1.54) is 0 Å². The Balaban J connectivity index is 1.25. The van der Waals surface area contributed by atoms with E-state index in [-0.39, 0.29) is 23.9 Å². The van der Waals surface area contributed by atoms with Crippen molar-refractivity contribution in [1.29, 1.82) is 0 Å². The second-order valence-electron chi connectivity index (χ2n) is 11.1. The largest absolute Gasteiger partial charge is 0.382 e. The summed E-state index contributed by atoms with van der Waals surface area (Å²) in [5.74, 6) is 0.189. The number of aromatic nitrogens is 1. The molecule has 3 fully saturated rings. The summed E-state index contributed by atoms with van der Waals surface area (Å²) >= 11 is 0. The van der Waals surface area contributed by atoms with Gasteiger partial charge in [-0.25, -0.2) is 4.98 Å². The lowest BCUT2D eigenvalue weighted by Gasteiger charge is -2.40. The monoisotopic (exact) mass is 518 g/mol. The molecule has 2 saturated heterocycles. The lowest BCUT2D eigenvalue weighted by Crippen LogP contribution is -2.51. The maximum Gasteiger partial charge on any atom is 0.253 e. The molecule has 1 unspecified atom stereocenters. The van der Waals surface area contributed by atoms with E-state index in [0.29, 0.717) is 40.5 Å². The Kier molecular flexibility index (Phi) is 7.27. The van der Waals surface area contributed by atoms with Gasteiger partial charge in [0.2, 0.25) is 0 Å². The van der Waals surface area contributed by atoms with Crippen LogP contribution in [0.1, 0.15) is 95.4 Å². The fraction of sp³-hybridized carbons (Fsp3) is 0.517. The number of primary amides is 1. The number of pyridine rings is 1. The molecule has 2 aromatic rings. The summed E-state index contributed by atoms with van der Waals surface area (Å²) in [6.07, 6.45) is 8.44. The molecule has 9 nitrogen and oxygen atoms in total. The van der Waals surface area contributed by atoms with Gasteiger partial charge in [-0.1, -0.05) is 6.92 Å². The van der Waals surface area contributed by atoms with E-state index in [4.69, 9.17) is 5.73 Å². The van der Waals surface area contributed by atoms with Crippen LogP contribution in [0.15, 0.2) is 30.5 Å². The Labute approximate surface area is 223 Å². The standard InChI is InChI=1S/C29H38N6O3/c1-4-17(3)32-25-14-23(16(2)11-24(25)27(30)36)29(38)34-20-12-21-8-9-22(13-20)35(21)26-10-5-18(15-31-26)28(37)33-19-6-7-19/h5,10-11,14-15,17,19-22,32H,4,6-9,12-13H2,1-3H3,(H2,30,36)(H,33,37)(H,34,38)/t17-,20?,21-,22+/m1/s1. The van der Waals surface area contributed by atoms with Crippen LogP contribution < -0.4 is 26.6 Å². The maximum atomic E-state index is 13.4. The summed E-state index contributed by atoms with van der Waals surface area (Å²) in [5.41, 5.74) is 8.47. The molecular weight excluding hydrogens is 480 g/mol. The van der Waals surface area contributed by atoms with E-state index in [0.717, 1.165) is 56.3 Å². The summed E-state index contributed by atoms with van der Waals surface area (Å²) in [5, 5.41) is 9.58. The van der Waals surface area contributed by atoms with Crippen LogP contribution in [0.2, 0.25) is 0 Å². The molecule has 202 valence electrons. The highest BCUT2D eigenvalue weighted by Crippen LogP contribution is 2.39. The number of rotatable bonds is 9. The minimum atomic E-state index is -0.514. The van der Waals surface area contributed by atoms with E-state index in [1.54, 1.807) is 18.3 Å². The van der Waals surface area contributed by atoms with Crippen molar-refractivity contribution in [3.63, 3.8) is 0 Å². The van der Waals surface area contributed by atoms with Crippen molar-refractivity contribution < 1.29 is 14.4 Å². The molecule has 0 spiro atoms. The molecule has 4 atom stereocenters. The van der Waals surface area contributed by atoms with Gasteiger partial charge in [0.1, 0.15) is 5.82 Å². The first-order valence-electron chi connectivity index (χ1n) is 13.8. The van der Waals surface area contributed by atoms with Crippen LogP contribution in [0.4, 0.5) is 11.5 Å². The summed E-state index contributed by atoms with van der Waals surface area (Å²) in [6, 6.07) is 8.36. The van der Waals surface area contributed by atoms with Gasteiger partial charge in [-0.2, -0.15) is 0 Å². The highest BCUT2D eigenvalue weighted by Gasteiger charge is 2.42. The van der Waals surface area contributed by atoms with Gasteiger partial charge in [0.05, 0.1) is 11.1 Å². The zero-order valence-corrected chi connectivity index (χ0v) is 22.4. The van der Waals surface area contributed by atoms with Crippen molar-refractivity contribution >= 4 is 29.2 Å². The molecule has 1 aromatic heterocycles. The van der Waals surface area contributed by atoms with Crippen LogP contribution in [0.5, 0.6) is 0 Å². The molecule has 9 heteroatoms. The van der Waals surface area contributed by atoms with Crippen LogP contribution in [-0.2, 0) is 0 Å². The molecule has 1 saturated carbocycles. The Morgan fingerprint density at radius 1 is 1.00 bits per heavy atom. The topological polar surface area (TPSA) is 129 Å². The zero-order valence-electron chi connectivity index (χ0n) is 22.4. The summed E-state index contributed by atoms with van der Waals surface area (Å²) in [7, 11) is 0. The second-order valence-corrected chi connectivity index (χ2v) is 11.1. The fourth-order valence-corrected chi connectivity index (χ4v) is 5.74. The van der Waals surface area contributed by atoms with Gasteiger partial charge in [0.25, 0.3) is 17.7 Å². The maximum absolute atomic E-state index is 13.4.